The zero-order valence-electron chi connectivity index (χ0n) is 15.0. The van der Waals surface area contributed by atoms with Crippen molar-refractivity contribution in [2.45, 2.75) is 82.6 Å². The molecule has 0 bridgehead atoms. The lowest BCUT2D eigenvalue weighted by Crippen LogP contribution is -2.61. The summed E-state index contributed by atoms with van der Waals surface area (Å²) >= 11 is 0. The van der Waals surface area contributed by atoms with Crippen LogP contribution in [0.5, 0.6) is 0 Å². The Morgan fingerprint density at radius 1 is 1.28 bits per heavy atom. The zero-order chi connectivity index (χ0) is 19.0. The minimum absolute atomic E-state index is 0.155. The number of rotatable bonds is 11. The minimum Gasteiger partial charge on any atom is -0.477 e. The summed E-state index contributed by atoms with van der Waals surface area (Å²) in [5, 5.41) is 48.6. The molecule has 0 aromatic carbocycles. The maximum atomic E-state index is 11.7. The lowest BCUT2D eigenvalue weighted by molar-refractivity contribution is -0.318. The average Bonchev–Trinajstić information content (AvgIpc) is 2.59. The molecule has 8 heteroatoms. The van der Waals surface area contributed by atoms with Gasteiger partial charge in [-0.3, -0.25) is 0 Å². The van der Waals surface area contributed by atoms with Gasteiger partial charge in [0.2, 0.25) is 0 Å². The van der Waals surface area contributed by atoms with Gasteiger partial charge < -0.3 is 35.0 Å². The van der Waals surface area contributed by atoms with Crippen molar-refractivity contribution in [3.05, 3.63) is 0 Å². The first kappa shape index (κ1) is 22.3. The average molecular weight is 364 g/mol. The van der Waals surface area contributed by atoms with Gasteiger partial charge in [0.15, 0.2) is 0 Å². The van der Waals surface area contributed by atoms with Crippen molar-refractivity contribution in [3.63, 3.8) is 0 Å². The summed E-state index contributed by atoms with van der Waals surface area (Å²) in [6.45, 7) is 3.13. The van der Waals surface area contributed by atoms with Crippen LogP contribution in [0.2, 0.25) is 0 Å². The molecule has 25 heavy (non-hydrogen) atoms. The summed E-state index contributed by atoms with van der Waals surface area (Å²) in [6, 6.07) is 0. The van der Waals surface area contributed by atoms with Gasteiger partial charge in [-0.25, -0.2) is 4.79 Å². The van der Waals surface area contributed by atoms with Gasteiger partial charge in [0.1, 0.15) is 12.2 Å². The smallest absolute Gasteiger partial charge is 0.364 e. The fourth-order valence-corrected chi connectivity index (χ4v) is 3.00. The number of ether oxygens (including phenoxy) is 2. The van der Waals surface area contributed by atoms with Crippen LogP contribution in [0.3, 0.4) is 0 Å². The molecule has 0 saturated carbocycles. The minimum atomic E-state index is -2.07. The molecule has 0 aromatic rings. The second-order valence-corrected chi connectivity index (χ2v) is 6.77. The van der Waals surface area contributed by atoms with Crippen molar-refractivity contribution in [2.75, 3.05) is 13.2 Å². The van der Waals surface area contributed by atoms with Crippen LogP contribution in [0.4, 0.5) is 0 Å². The van der Waals surface area contributed by atoms with Crippen molar-refractivity contribution >= 4 is 5.97 Å². The van der Waals surface area contributed by atoms with Gasteiger partial charge in [-0.05, 0) is 6.42 Å². The van der Waals surface area contributed by atoms with E-state index in [1.54, 1.807) is 6.92 Å². The number of aliphatic carboxylic acids is 1. The van der Waals surface area contributed by atoms with Crippen LogP contribution in [-0.2, 0) is 14.3 Å². The molecule has 0 radical (unpaired) electrons. The van der Waals surface area contributed by atoms with E-state index in [9.17, 15) is 25.2 Å². The number of aliphatic hydroxyl groups is 4. The van der Waals surface area contributed by atoms with Crippen LogP contribution in [0.15, 0.2) is 0 Å². The SMILES string of the molecule is CCCCCCCOC1(C(=O)O)CC(O)[C@@H](C)[C@H]([C@H](O)[C@H](O)CO)O1. The fourth-order valence-electron chi connectivity index (χ4n) is 3.00. The summed E-state index contributed by atoms with van der Waals surface area (Å²) in [4.78, 5) is 11.7. The van der Waals surface area contributed by atoms with E-state index in [1.165, 1.54) is 0 Å². The van der Waals surface area contributed by atoms with E-state index < -0.39 is 48.7 Å². The van der Waals surface area contributed by atoms with Crippen LogP contribution in [-0.4, -0.2) is 74.9 Å². The Balaban J connectivity index is 2.78. The van der Waals surface area contributed by atoms with Crippen LogP contribution in [0.1, 0.15) is 52.4 Å². The number of carbonyl (C=O) groups is 1. The second-order valence-electron chi connectivity index (χ2n) is 6.77. The standard InChI is InChI=1S/C17H32O8/c1-3-4-5-6-7-8-24-17(16(22)23)9-12(19)11(2)15(25-17)14(21)13(20)10-18/h11-15,18-21H,3-10H2,1-2H3,(H,22,23)/t11-,12?,13-,14-,15-,17?/m1/s1. The lowest BCUT2D eigenvalue weighted by atomic mass is 9.84. The Morgan fingerprint density at radius 3 is 2.48 bits per heavy atom. The molecule has 0 aromatic heterocycles. The molecule has 1 rings (SSSR count). The molecule has 1 fully saturated rings. The zero-order valence-corrected chi connectivity index (χ0v) is 15.0. The molecule has 148 valence electrons. The van der Waals surface area contributed by atoms with E-state index >= 15 is 0 Å². The third kappa shape index (κ3) is 5.87. The quantitative estimate of drug-likeness (QED) is 0.329. The van der Waals surface area contributed by atoms with Gasteiger partial charge in [0, 0.05) is 12.3 Å². The van der Waals surface area contributed by atoms with Gasteiger partial charge in [0.25, 0.3) is 5.79 Å². The van der Waals surface area contributed by atoms with Crippen LogP contribution in [0.25, 0.3) is 0 Å². The van der Waals surface area contributed by atoms with E-state index in [-0.39, 0.29) is 13.0 Å². The van der Waals surface area contributed by atoms with Crippen LogP contribution >= 0.6 is 0 Å². The van der Waals surface area contributed by atoms with Crippen LogP contribution in [0, 0.1) is 5.92 Å². The summed E-state index contributed by atoms with van der Waals surface area (Å²) in [5.74, 6) is -4.09. The third-order valence-corrected chi connectivity index (χ3v) is 4.76. The highest BCUT2D eigenvalue weighted by Gasteiger charge is 2.54. The van der Waals surface area contributed by atoms with Gasteiger partial charge in [-0.15, -0.1) is 0 Å². The largest absolute Gasteiger partial charge is 0.477 e. The number of aliphatic hydroxyl groups excluding tert-OH is 4. The number of hydrogen-bond acceptors (Lipinski definition) is 7. The maximum absolute atomic E-state index is 11.7. The van der Waals surface area contributed by atoms with Crippen molar-refractivity contribution in [3.8, 4) is 0 Å². The molecule has 0 amide bonds. The molecule has 1 saturated heterocycles. The predicted molar refractivity (Wildman–Crippen MR) is 88.8 cm³/mol. The molecular formula is C17H32O8. The molecule has 2 unspecified atom stereocenters. The molecule has 5 N–H and O–H groups in total. The Bertz CT molecular complexity index is 404. The van der Waals surface area contributed by atoms with Gasteiger partial charge in [-0.1, -0.05) is 39.5 Å². The first-order valence-electron chi connectivity index (χ1n) is 8.99. The Morgan fingerprint density at radius 2 is 1.92 bits per heavy atom. The molecule has 8 nitrogen and oxygen atoms in total. The molecular weight excluding hydrogens is 332 g/mol. The molecule has 0 spiro atoms. The third-order valence-electron chi connectivity index (χ3n) is 4.76. The summed E-state index contributed by atoms with van der Waals surface area (Å²) in [7, 11) is 0. The monoisotopic (exact) mass is 364 g/mol. The number of carboxylic acids is 1. The number of unbranched alkanes of at least 4 members (excludes halogenated alkanes) is 4. The summed E-state index contributed by atoms with van der Waals surface area (Å²) in [6.07, 6.45) is -0.780. The first-order valence-corrected chi connectivity index (χ1v) is 8.99. The van der Waals surface area contributed by atoms with Gasteiger partial charge >= 0.3 is 5.97 Å². The molecule has 6 atom stereocenters. The highest BCUT2D eigenvalue weighted by atomic mass is 16.7. The van der Waals surface area contributed by atoms with Gasteiger partial charge in [-0.2, -0.15) is 0 Å². The fraction of sp³-hybridized carbons (Fsp3) is 0.941. The summed E-state index contributed by atoms with van der Waals surface area (Å²) < 4.78 is 11.0. The van der Waals surface area contributed by atoms with E-state index in [4.69, 9.17) is 14.6 Å². The highest BCUT2D eigenvalue weighted by Crippen LogP contribution is 2.36. The molecule has 1 aliphatic heterocycles. The second kappa shape index (κ2) is 10.4. The lowest BCUT2D eigenvalue weighted by Gasteiger charge is -2.45. The van der Waals surface area contributed by atoms with Gasteiger partial charge in [0.05, 0.1) is 25.4 Å². The van der Waals surface area contributed by atoms with Crippen molar-refractivity contribution in [2.24, 2.45) is 5.92 Å². The predicted octanol–water partition coefficient (Wildman–Crippen LogP) is 0.254. The Labute approximate surface area is 148 Å². The maximum Gasteiger partial charge on any atom is 0.364 e. The normalized spacial score (nSPS) is 32.3. The highest BCUT2D eigenvalue weighted by molar-refractivity contribution is 5.76. The molecule has 1 heterocycles. The molecule has 0 aliphatic carbocycles. The Kier molecular flexibility index (Phi) is 9.26. The molecule has 1 aliphatic rings. The van der Waals surface area contributed by atoms with E-state index in [1.807, 2.05) is 0 Å². The van der Waals surface area contributed by atoms with Crippen molar-refractivity contribution in [1.82, 2.24) is 0 Å². The first-order chi connectivity index (χ1) is 11.8. The van der Waals surface area contributed by atoms with Crippen molar-refractivity contribution < 1.29 is 39.8 Å². The van der Waals surface area contributed by atoms with Crippen LogP contribution < -0.4 is 0 Å². The summed E-state index contributed by atoms with van der Waals surface area (Å²) in [5.41, 5.74) is 0. The topological polar surface area (TPSA) is 137 Å². The number of hydrogen-bond donors (Lipinski definition) is 5. The number of carboxylic acid groups (broad SMARTS) is 1. The van der Waals surface area contributed by atoms with E-state index in [0.717, 1.165) is 25.7 Å². The van der Waals surface area contributed by atoms with Crippen molar-refractivity contribution in [1.29, 1.82) is 0 Å². The van der Waals surface area contributed by atoms with E-state index in [0.29, 0.717) is 6.42 Å². The Hall–Kier alpha value is -0.770. The van der Waals surface area contributed by atoms with E-state index in [2.05, 4.69) is 6.92 Å².